The predicted molar refractivity (Wildman–Crippen MR) is 82.1 cm³/mol. The third-order valence-electron chi connectivity index (χ3n) is 3.13. The number of nitrogens with zero attached hydrogens (tertiary/aromatic N) is 1. The van der Waals surface area contributed by atoms with Crippen molar-refractivity contribution in [1.82, 2.24) is 4.98 Å². The normalized spacial score (nSPS) is 13.6. The highest BCUT2D eigenvalue weighted by molar-refractivity contribution is 7.22. The van der Waals surface area contributed by atoms with Crippen LogP contribution in [0.15, 0.2) is 6.07 Å². The molecule has 6 heteroatoms. The molecule has 110 valence electrons. The maximum absolute atomic E-state index is 10.6. The van der Waals surface area contributed by atoms with E-state index in [2.05, 4.69) is 4.98 Å². The predicted octanol–water partition coefficient (Wildman–Crippen LogP) is 4.05. The van der Waals surface area contributed by atoms with E-state index in [0.717, 1.165) is 4.70 Å². The summed E-state index contributed by atoms with van der Waals surface area (Å²) in [5, 5.41) is 10.6. The molecule has 0 radical (unpaired) electrons. The Morgan fingerprint density at radius 1 is 1.30 bits per heavy atom. The summed E-state index contributed by atoms with van der Waals surface area (Å²) in [4.78, 5) is 4.32. The first-order valence-corrected chi connectivity index (χ1v) is 7.38. The summed E-state index contributed by atoms with van der Waals surface area (Å²) in [5.41, 5.74) is 1.05. The Bertz CT molecular complexity index is 633. The molecule has 0 spiro atoms. The highest BCUT2D eigenvalue weighted by atomic mass is 35.5. The zero-order valence-corrected chi connectivity index (χ0v) is 13.7. The number of aliphatic hydroxyl groups is 1. The quantitative estimate of drug-likeness (QED) is 0.928. The molecule has 0 saturated carbocycles. The van der Waals surface area contributed by atoms with Gasteiger partial charge in [-0.1, -0.05) is 43.7 Å². The second-order valence-corrected chi connectivity index (χ2v) is 7.20. The standard InChI is InChI=1S/C14H18ClNO3S/c1-14(2,3)12(17)7-6-8(18-4)10(19-5)11-9(7)16-13(15)20-11/h6,12,17H,1-5H3. The Morgan fingerprint density at radius 2 is 1.95 bits per heavy atom. The fourth-order valence-electron chi connectivity index (χ4n) is 2.05. The monoisotopic (exact) mass is 315 g/mol. The Kier molecular flexibility index (Phi) is 4.14. The number of ether oxygens (including phenoxy) is 2. The molecular weight excluding hydrogens is 298 g/mol. The van der Waals surface area contributed by atoms with Gasteiger partial charge in [-0.3, -0.25) is 0 Å². The third kappa shape index (κ3) is 2.57. The van der Waals surface area contributed by atoms with Gasteiger partial charge in [0, 0.05) is 5.56 Å². The first-order valence-electron chi connectivity index (χ1n) is 6.18. The number of hydrogen-bond donors (Lipinski definition) is 1. The van der Waals surface area contributed by atoms with E-state index in [1.165, 1.54) is 11.3 Å². The molecule has 4 nitrogen and oxygen atoms in total. The van der Waals surface area contributed by atoms with Gasteiger partial charge in [0.2, 0.25) is 0 Å². The largest absolute Gasteiger partial charge is 0.493 e. The summed E-state index contributed by atoms with van der Waals surface area (Å²) >= 11 is 7.34. The molecule has 0 aliphatic heterocycles. The van der Waals surface area contributed by atoms with Crippen molar-refractivity contribution in [2.24, 2.45) is 5.41 Å². The lowest BCUT2D eigenvalue weighted by Crippen LogP contribution is -2.18. The number of benzene rings is 1. The molecule has 0 amide bonds. The van der Waals surface area contributed by atoms with E-state index < -0.39 is 6.10 Å². The molecule has 0 aliphatic rings. The molecule has 2 rings (SSSR count). The van der Waals surface area contributed by atoms with Crippen molar-refractivity contribution >= 4 is 33.2 Å². The smallest absolute Gasteiger partial charge is 0.184 e. The van der Waals surface area contributed by atoms with E-state index in [1.54, 1.807) is 20.3 Å². The number of aliphatic hydroxyl groups excluding tert-OH is 1. The van der Waals surface area contributed by atoms with Crippen molar-refractivity contribution in [3.63, 3.8) is 0 Å². The van der Waals surface area contributed by atoms with E-state index in [9.17, 15) is 5.11 Å². The van der Waals surface area contributed by atoms with Gasteiger partial charge in [-0.2, -0.15) is 0 Å². The Labute approximate surface area is 127 Å². The molecule has 20 heavy (non-hydrogen) atoms. The minimum atomic E-state index is -0.678. The average Bonchev–Trinajstić information content (AvgIpc) is 2.75. The van der Waals surface area contributed by atoms with Crippen molar-refractivity contribution in [2.75, 3.05) is 14.2 Å². The summed E-state index contributed by atoms with van der Waals surface area (Å²) in [6.45, 7) is 5.90. The second kappa shape index (κ2) is 5.39. The molecular formula is C14H18ClNO3S. The lowest BCUT2D eigenvalue weighted by Gasteiger charge is -2.27. The van der Waals surface area contributed by atoms with Crippen LogP contribution in [0.4, 0.5) is 0 Å². The Hall–Kier alpha value is -1.04. The molecule has 0 bridgehead atoms. The topological polar surface area (TPSA) is 51.6 Å². The summed E-state index contributed by atoms with van der Waals surface area (Å²) < 4.78 is 11.9. The van der Waals surface area contributed by atoms with Crippen molar-refractivity contribution in [3.05, 3.63) is 16.1 Å². The Balaban J connectivity index is 2.78. The molecule has 0 saturated heterocycles. The van der Waals surface area contributed by atoms with Gasteiger partial charge in [-0.25, -0.2) is 4.98 Å². The second-order valence-electron chi connectivity index (χ2n) is 5.61. The number of hydrogen-bond acceptors (Lipinski definition) is 5. The average molecular weight is 316 g/mol. The maximum Gasteiger partial charge on any atom is 0.184 e. The van der Waals surface area contributed by atoms with E-state index in [0.29, 0.717) is 27.0 Å². The minimum Gasteiger partial charge on any atom is -0.493 e. The highest BCUT2D eigenvalue weighted by Gasteiger charge is 2.29. The first kappa shape index (κ1) is 15.4. The number of halogens is 1. The maximum atomic E-state index is 10.6. The van der Waals surface area contributed by atoms with Crippen LogP contribution in [0.1, 0.15) is 32.4 Å². The van der Waals surface area contributed by atoms with Gasteiger partial charge in [-0.15, -0.1) is 0 Å². The molecule has 1 N–H and O–H groups in total. The zero-order chi connectivity index (χ0) is 15.1. The van der Waals surface area contributed by atoms with Crippen LogP contribution in [-0.4, -0.2) is 24.3 Å². The number of fused-ring (bicyclic) bond motifs is 1. The van der Waals surface area contributed by atoms with E-state index in [-0.39, 0.29) is 5.41 Å². The number of methoxy groups -OCH3 is 2. The van der Waals surface area contributed by atoms with E-state index >= 15 is 0 Å². The molecule has 2 aromatic rings. The van der Waals surface area contributed by atoms with Crippen LogP contribution < -0.4 is 9.47 Å². The van der Waals surface area contributed by atoms with Gasteiger partial charge in [-0.05, 0) is 11.5 Å². The van der Waals surface area contributed by atoms with Crippen LogP contribution in [0.25, 0.3) is 10.2 Å². The van der Waals surface area contributed by atoms with Crippen molar-refractivity contribution in [2.45, 2.75) is 26.9 Å². The Morgan fingerprint density at radius 3 is 2.45 bits per heavy atom. The van der Waals surface area contributed by atoms with E-state index in [4.69, 9.17) is 21.1 Å². The summed E-state index contributed by atoms with van der Waals surface area (Å²) in [6, 6.07) is 1.77. The van der Waals surface area contributed by atoms with Gasteiger partial charge in [0.1, 0.15) is 4.70 Å². The van der Waals surface area contributed by atoms with Crippen LogP contribution in [0.5, 0.6) is 11.5 Å². The first-order chi connectivity index (χ1) is 9.29. The SMILES string of the molecule is COc1cc(C(O)C(C)(C)C)c2nc(Cl)sc2c1OC. The van der Waals surface area contributed by atoms with E-state index in [1.807, 2.05) is 20.8 Å². The lowest BCUT2D eigenvalue weighted by atomic mass is 9.84. The molecule has 1 heterocycles. The highest BCUT2D eigenvalue weighted by Crippen LogP contribution is 2.46. The van der Waals surface area contributed by atoms with Crippen LogP contribution in [-0.2, 0) is 0 Å². The molecule has 1 unspecified atom stereocenters. The van der Waals surface area contributed by atoms with Crippen LogP contribution in [0.3, 0.4) is 0 Å². The van der Waals surface area contributed by atoms with Gasteiger partial charge >= 0.3 is 0 Å². The van der Waals surface area contributed by atoms with Gasteiger partial charge in [0.15, 0.2) is 16.0 Å². The third-order valence-corrected chi connectivity index (χ3v) is 4.29. The van der Waals surface area contributed by atoms with Crippen LogP contribution >= 0.6 is 22.9 Å². The number of aromatic nitrogens is 1. The van der Waals surface area contributed by atoms with Gasteiger partial charge in [0.05, 0.1) is 25.8 Å². The molecule has 0 fully saturated rings. The van der Waals surface area contributed by atoms with Crippen molar-refractivity contribution in [1.29, 1.82) is 0 Å². The molecule has 1 aromatic carbocycles. The zero-order valence-electron chi connectivity index (χ0n) is 12.2. The van der Waals surface area contributed by atoms with Crippen molar-refractivity contribution in [3.8, 4) is 11.5 Å². The number of rotatable bonds is 3. The fourth-order valence-corrected chi connectivity index (χ4v) is 3.21. The summed E-state index contributed by atoms with van der Waals surface area (Å²) in [7, 11) is 3.14. The number of thiazole rings is 1. The van der Waals surface area contributed by atoms with Crippen molar-refractivity contribution < 1.29 is 14.6 Å². The molecule has 1 aromatic heterocycles. The molecule has 0 aliphatic carbocycles. The summed E-state index contributed by atoms with van der Waals surface area (Å²) in [5.74, 6) is 1.16. The van der Waals surface area contributed by atoms with Gasteiger partial charge < -0.3 is 14.6 Å². The fraction of sp³-hybridized carbons (Fsp3) is 0.500. The van der Waals surface area contributed by atoms with Crippen LogP contribution in [0.2, 0.25) is 4.47 Å². The lowest BCUT2D eigenvalue weighted by molar-refractivity contribution is 0.0636. The summed E-state index contributed by atoms with van der Waals surface area (Å²) in [6.07, 6.45) is -0.678. The molecule has 1 atom stereocenters. The van der Waals surface area contributed by atoms with Gasteiger partial charge in [0.25, 0.3) is 0 Å². The van der Waals surface area contributed by atoms with Crippen LogP contribution in [0, 0.1) is 5.41 Å². The minimum absolute atomic E-state index is 0.317.